The smallest absolute Gasteiger partial charge is 0.342 e. The molecule has 2 aromatic carbocycles. The minimum absolute atomic E-state index is 0.174. The molecule has 1 saturated carbocycles. The lowest BCUT2D eigenvalue weighted by molar-refractivity contribution is -0.169. The van der Waals surface area contributed by atoms with Crippen LogP contribution in [0.15, 0.2) is 66.7 Å². The molecule has 1 spiro atoms. The summed E-state index contributed by atoms with van der Waals surface area (Å²) in [5.41, 5.74) is -2.14. The number of carbonyl (C=O) groups excluding carboxylic acids is 2. The summed E-state index contributed by atoms with van der Waals surface area (Å²) in [7, 11) is 1.63. The fourth-order valence-electron chi connectivity index (χ4n) is 6.93. The van der Waals surface area contributed by atoms with Crippen LogP contribution in [0.2, 0.25) is 0 Å². The predicted octanol–water partition coefficient (Wildman–Crippen LogP) is 4.16. The van der Waals surface area contributed by atoms with Crippen molar-refractivity contribution in [3.63, 3.8) is 0 Å². The lowest BCUT2D eigenvalue weighted by Crippen LogP contribution is -2.57. The van der Waals surface area contributed by atoms with E-state index in [-0.39, 0.29) is 17.7 Å². The van der Waals surface area contributed by atoms with Gasteiger partial charge in [0.25, 0.3) is 0 Å². The van der Waals surface area contributed by atoms with Gasteiger partial charge in [0, 0.05) is 12.3 Å². The molecule has 4 aliphatic rings. The number of hydroxylamine groups is 1. The first-order chi connectivity index (χ1) is 17.2. The third kappa shape index (κ3) is 2.93. The van der Waals surface area contributed by atoms with E-state index in [9.17, 15) is 14.7 Å². The summed E-state index contributed by atoms with van der Waals surface area (Å²) in [5.74, 6) is -0.524. The predicted molar refractivity (Wildman–Crippen MR) is 132 cm³/mol. The van der Waals surface area contributed by atoms with E-state index in [1.165, 1.54) is 6.08 Å². The monoisotopic (exact) mass is 489 g/mol. The van der Waals surface area contributed by atoms with E-state index >= 15 is 0 Å². The number of anilines is 1. The number of allylic oxidation sites excluding steroid dienone is 1. The highest BCUT2D eigenvalue weighted by molar-refractivity contribution is 6.00. The zero-order chi connectivity index (χ0) is 25.3. The molecule has 2 heterocycles. The Kier molecular flexibility index (Phi) is 5.11. The molecule has 36 heavy (non-hydrogen) atoms. The molecule has 1 N–H and O–H groups in total. The number of para-hydroxylation sites is 1. The number of nitrogens with zero attached hydrogens (tertiary/aromatic N) is 1. The molecule has 6 rings (SSSR count). The Hall–Kier alpha value is -3.16. The molecular weight excluding hydrogens is 458 g/mol. The van der Waals surface area contributed by atoms with Crippen LogP contribution in [0.25, 0.3) is 0 Å². The molecular formula is C29H31NO6. The zero-order valence-electron chi connectivity index (χ0n) is 20.7. The van der Waals surface area contributed by atoms with Crippen LogP contribution in [-0.4, -0.2) is 41.3 Å². The fraction of sp³-hybridized carbons (Fsp3) is 0.448. The standard InChI is InChI=1S/C29H31NO6/c1-18-12-13-22-25(27(2)24(31)14-15-29(18,27)33)35-26(32)28(22)17-23(19-8-7-11-21(16-19)34-3)30(36-28)20-9-5-4-6-10-20/h4-11,14-16,18,22-23,25,33H,12-13,17H2,1-3H3/t18-,22+,23?,25+,27-,28-,29+/m0/s1. The van der Waals surface area contributed by atoms with Crippen molar-refractivity contribution in [1.82, 2.24) is 0 Å². The van der Waals surface area contributed by atoms with Gasteiger partial charge in [0.05, 0.1) is 24.3 Å². The molecule has 0 bridgehead atoms. The van der Waals surface area contributed by atoms with Crippen molar-refractivity contribution >= 4 is 17.4 Å². The minimum Gasteiger partial charge on any atom is -0.497 e. The van der Waals surface area contributed by atoms with Gasteiger partial charge in [-0.1, -0.05) is 37.3 Å². The summed E-state index contributed by atoms with van der Waals surface area (Å²) in [6.07, 6.45) is 3.86. The van der Waals surface area contributed by atoms with Gasteiger partial charge >= 0.3 is 5.97 Å². The molecule has 7 nitrogen and oxygen atoms in total. The van der Waals surface area contributed by atoms with E-state index in [2.05, 4.69) is 0 Å². The zero-order valence-corrected chi connectivity index (χ0v) is 20.7. The molecule has 0 aromatic heterocycles. The van der Waals surface area contributed by atoms with Crippen LogP contribution >= 0.6 is 0 Å². The Labute approximate surface area is 210 Å². The van der Waals surface area contributed by atoms with Gasteiger partial charge < -0.3 is 14.6 Å². The summed E-state index contributed by atoms with van der Waals surface area (Å²) in [5, 5.41) is 13.5. The lowest BCUT2D eigenvalue weighted by atomic mass is 9.63. The molecule has 2 aliphatic carbocycles. The van der Waals surface area contributed by atoms with E-state index in [1.54, 1.807) is 25.2 Å². The first kappa shape index (κ1) is 23.3. The Morgan fingerprint density at radius 3 is 2.61 bits per heavy atom. The van der Waals surface area contributed by atoms with E-state index in [1.807, 2.05) is 61.5 Å². The van der Waals surface area contributed by atoms with Crippen molar-refractivity contribution in [3.8, 4) is 5.75 Å². The molecule has 188 valence electrons. The quantitative estimate of drug-likeness (QED) is 0.648. The Bertz CT molecular complexity index is 1250. The third-order valence-corrected chi connectivity index (χ3v) is 9.14. The van der Waals surface area contributed by atoms with Gasteiger partial charge in [0.1, 0.15) is 17.5 Å². The van der Waals surface area contributed by atoms with Gasteiger partial charge in [-0.2, -0.15) is 0 Å². The van der Waals surface area contributed by atoms with Crippen molar-refractivity contribution in [1.29, 1.82) is 0 Å². The number of aliphatic hydroxyl groups is 1. The maximum Gasteiger partial charge on any atom is 0.342 e. The highest BCUT2D eigenvalue weighted by atomic mass is 16.7. The van der Waals surface area contributed by atoms with Gasteiger partial charge in [0.15, 0.2) is 5.78 Å². The number of benzene rings is 2. The van der Waals surface area contributed by atoms with Crippen LogP contribution in [0.1, 0.15) is 44.7 Å². The second-order valence-electron chi connectivity index (χ2n) is 10.8. The van der Waals surface area contributed by atoms with Crippen LogP contribution in [-0.2, 0) is 19.2 Å². The van der Waals surface area contributed by atoms with Gasteiger partial charge in [-0.15, -0.1) is 0 Å². The third-order valence-electron chi connectivity index (χ3n) is 9.14. The van der Waals surface area contributed by atoms with E-state index in [4.69, 9.17) is 14.3 Å². The molecule has 7 heteroatoms. The number of esters is 1. The summed E-state index contributed by atoms with van der Waals surface area (Å²) >= 11 is 0. The van der Waals surface area contributed by atoms with Crippen molar-refractivity contribution in [2.24, 2.45) is 17.3 Å². The first-order valence-corrected chi connectivity index (χ1v) is 12.6. The van der Waals surface area contributed by atoms with E-state index in [0.717, 1.165) is 17.0 Å². The first-order valence-electron chi connectivity index (χ1n) is 12.6. The highest BCUT2D eigenvalue weighted by Crippen LogP contribution is 2.61. The van der Waals surface area contributed by atoms with Crippen LogP contribution in [0.5, 0.6) is 5.75 Å². The number of ketones is 1. The van der Waals surface area contributed by atoms with Gasteiger partial charge in [-0.05, 0) is 67.7 Å². The summed E-state index contributed by atoms with van der Waals surface area (Å²) in [6, 6.07) is 17.2. The average molecular weight is 490 g/mol. The Morgan fingerprint density at radius 1 is 1.08 bits per heavy atom. The number of methoxy groups -OCH3 is 1. The van der Waals surface area contributed by atoms with Crippen LogP contribution < -0.4 is 9.80 Å². The highest BCUT2D eigenvalue weighted by Gasteiger charge is 2.74. The van der Waals surface area contributed by atoms with E-state index in [0.29, 0.717) is 19.3 Å². The molecule has 3 fully saturated rings. The molecule has 0 amide bonds. The van der Waals surface area contributed by atoms with Crippen molar-refractivity contribution in [2.75, 3.05) is 12.2 Å². The molecule has 0 radical (unpaired) electrons. The molecule has 1 unspecified atom stereocenters. The van der Waals surface area contributed by atoms with E-state index < -0.39 is 34.6 Å². The second kappa shape index (κ2) is 7.92. The summed E-state index contributed by atoms with van der Waals surface area (Å²) < 4.78 is 11.5. The summed E-state index contributed by atoms with van der Waals surface area (Å²) in [4.78, 5) is 33.7. The molecule has 2 aliphatic heterocycles. The van der Waals surface area contributed by atoms with Gasteiger partial charge in [-0.3, -0.25) is 9.63 Å². The maximum absolute atomic E-state index is 13.8. The van der Waals surface area contributed by atoms with Crippen LogP contribution in [0, 0.1) is 17.3 Å². The largest absolute Gasteiger partial charge is 0.497 e. The van der Waals surface area contributed by atoms with Crippen molar-refractivity contribution in [2.45, 2.75) is 56.5 Å². The number of fused-ring (bicyclic) bond motifs is 4. The van der Waals surface area contributed by atoms with Crippen molar-refractivity contribution in [3.05, 3.63) is 72.3 Å². The lowest BCUT2D eigenvalue weighted by Gasteiger charge is -2.43. The average Bonchev–Trinajstić information content (AvgIpc) is 3.49. The number of ether oxygens (including phenoxy) is 2. The number of rotatable bonds is 3. The van der Waals surface area contributed by atoms with Crippen molar-refractivity contribution < 1.29 is 29.0 Å². The molecule has 7 atom stereocenters. The minimum atomic E-state index is -1.38. The van der Waals surface area contributed by atoms with Gasteiger partial charge in [0.2, 0.25) is 5.60 Å². The molecule has 2 aromatic rings. The Morgan fingerprint density at radius 2 is 1.86 bits per heavy atom. The normalized spacial score (nSPS) is 39.2. The summed E-state index contributed by atoms with van der Waals surface area (Å²) in [6.45, 7) is 3.70. The maximum atomic E-state index is 13.8. The SMILES string of the molecule is COc1cccc(C2C[C@@]3(ON2c2ccccc2)C(=O)O[C@@H]2[C@H]3CC[C@H](C)[C@]3(O)C=CC(=O)[C@@]23C)c1. The number of carbonyl (C=O) groups is 2. The van der Waals surface area contributed by atoms with Crippen LogP contribution in [0.4, 0.5) is 5.69 Å². The van der Waals surface area contributed by atoms with Crippen LogP contribution in [0.3, 0.4) is 0 Å². The number of hydrogen-bond donors (Lipinski definition) is 1. The fourth-order valence-corrected chi connectivity index (χ4v) is 6.93. The molecule has 2 saturated heterocycles. The second-order valence-corrected chi connectivity index (χ2v) is 10.8. The van der Waals surface area contributed by atoms with Gasteiger partial charge in [-0.25, -0.2) is 9.86 Å². The topological polar surface area (TPSA) is 85.3 Å². The number of hydrogen-bond acceptors (Lipinski definition) is 7. The Balaban J connectivity index is 1.46.